The molecule has 100 valence electrons. The van der Waals surface area contributed by atoms with Gasteiger partial charge >= 0.3 is 5.97 Å². The zero-order chi connectivity index (χ0) is 13.5. The molecule has 2 saturated heterocycles. The standard InChI is InChI=1S/C9H11BrN2O5S/c10-1-9(8(15)16)2-12-6(14)5(11-4-13)7(12)18(17)3-9/h4-5,7H,1-3H2,(H,11,13)(H,15,16)/t5-,7-,9?,18+/m1/s1. The number of nitrogens with one attached hydrogen (secondary N) is 1. The molecule has 2 fully saturated rings. The van der Waals surface area contributed by atoms with Gasteiger partial charge in [0, 0.05) is 11.9 Å². The van der Waals surface area contributed by atoms with E-state index in [2.05, 4.69) is 21.2 Å². The molecule has 9 heteroatoms. The van der Waals surface area contributed by atoms with E-state index in [4.69, 9.17) is 0 Å². The van der Waals surface area contributed by atoms with Gasteiger partial charge in [0.1, 0.15) is 11.2 Å². The first-order chi connectivity index (χ1) is 8.46. The minimum absolute atomic E-state index is 0.0138. The van der Waals surface area contributed by atoms with Crippen LogP contribution >= 0.6 is 15.9 Å². The fourth-order valence-corrected chi connectivity index (χ4v) is 5.08. The van der Waals surface area contributed by atoms with Gasteiger partial charge in [-0.2, -0.15) is 0 Å². The van der Waals surface area contributed by atoms with E-state index in [9.17, 15) is 24.0 Å². The van der Waals surface area contributed by atoms with Crippen molar-refractivity contribution in [2.75, 3.05) is 17.6 Å². The van der Waals surface area contributed by atoms with Crippen molar-refractivity contribution in [2.45, 2.75) is 11.4 Å². The number of aliphatic carboxylic acids is 1. The van der Waals surface area contributed by atoms with Crippen LogP contribution in [0.1, 0.15) is 0 Å². The maximum atomic E-state index is 12.0. The number of carboxylic acids is 1. The van der Waals surface area contributed by atoms with Gasteiger partial charge < -0.3 is 15.0 Å². The molecular formula is C9H11BrN2O5S. The normalized spacial score (nSPS) is 38.7. The number of amides is 2. The van der Waals surface area contributed by atoms with Crippen molar-refractivity contribution in [1.82, 2.24) is 10.2 Å². The Bertz CT molecular complexity index is 408. The molecule has 2 amide bonds. The molecule has 18 heavy (non-hydrogen) atoms. The zero-order valence-electron chi connectivity index (χ0n) is 9.17. The number of hydrogen-bond donors (Lipinski definition) is 2. The maximum absolute atomic E-state index is 12.0. The third-order valence-corrected chi connectivity index (χ3v) is 6.24. The molecule has 0 bridgehead atoms. The Labute approximate surface area is 114 Å². The molecule has 2 aliphatic rings. The van der Waals surface area contributed by atoms with Crippen LogP contribution in [0.3, 0.4) is 0 Å². The Hall–Kier alpha value is -0.800. The number of alkyl halides is 1. The van der Waals surface area contributed by atoms with Crippen LogP contribution in [0.5, 0.6) is 0 Å². The van der Waals surface area contributed by atoms with Gasteiger partial charge in [0.15, 0.2) is 6.04 Å². The minimum atomic E-state index is -1.50. The molecule has 7 nitrogen and oxygen atoms in total. The van der Waals surface area contributed by atoms with E-state index in [1.807, 2.05) is 0 Å². The summed E-state index contributed by atoms with van der Waals surface area (Å²) >= 11 is 1.61. The summed E-state index contributed by atoms with van der Waals surface area (Å²) in [6, 6.07) is -0.787. The molecular weight excluding hydrogens is 328 g/mol. The average Bonchev–Trinajstić information content (AvgIpc) is 2.34. The SMILES string of the molecule is O=CN[C@@H]1C(=O)N2CC(CBr)(C(=O)O)C[S@+]([O-])[C@H]12. The summed E-state index contributed by atoms with van der Waals surface area (Å²) in [5.41, 5.74) is -1.22. The van der Waals surface area contributed by atoms with Gasteiger partial charge in [0.05, 0.1) is 0 Å². The van der Waals surface area contributed by atoms with E-state index in [-0.39, 0.29) is 23.5 Å². The molecule has 2 aliphatic heterocycles. The van der Waals surface area contributed by atoms with Crippen molar-refractivity contribution in [3.8, 4) is 0 Å². The molecule has 0 spiro atoms. The number of carboxylic acid groups (broad SMARTS) is 1. The Balaban J connectivity index is 2.20. The number of halogens is 1. The summed E-state index contributed by atoms with van der Waals surface area (Å²) < 4.78 is 12.0. The molecule has 2 heterocycles. The van der Waals surface area contributed by atoms with E-state index in [1.165, 1.54) is 4.90 Å². The highest BCUT2D eigenvalue weighted by Crippen LogP contribution is 2.39. The van der Waals surface area contributed by atoms with Crippen molar-refractivity contribution in [3.05, 3.63) is 0 Å². The topological polar surface area (TPSA) is 110 Å². The molecule has 2 N–H and O–H groups in total. The second-order valence-electron chi connectivity index (χ2n) is 4.36. The van der Waals surface area contributed by atoms with Gasteiger partial charge in [0.2, 0.25) is 11.8 Å². The summed E-state index contributed by atoms with van der Waals surface area (Å²) in [5.74, 6) is -1.49. The fourth-order valence-electron chi connectivity index (χ4n) is 2.21. The summed E-state index contributed by atoms with van der Waals surface area (Å²) in [7, 11) is 0. The second kappa shape index (κ2) is 4.71. The second-order valence-corrected chi connectivity index (χ2v) is 6.46. The highest BCUT2D eigenvalue weighted by atomic mass is 79.9. The van der Waals surface area contributed by atoms with E-state index >= 15 is 0 Å². The number of β-lactam (4-membered cyclic amide) rings is 1. The lowest BCUT2D eigenvalue weighted by Crippen LogP contribution is -2.78. The lowest BCUT2D eigenvalue weighted by atomic mass is 9.89. The fraction of sp³-hybridized carbons (Fsp3) is 0.667. The van der Waals surface area contributed by atoms with Gasteiger partial charge in [-0.1, -0.05) is 15.9 Å². The lowest BCUT2D eigenvalue weighted by Gasteiger charge is -2.52. The first kappa shape index (κ1) is 13.6. The summed E-state index contributed by atoms with van der Waals surface area (Å²) in [6.07, 6.45) is 0.390. The molecule has 0 aromatic carbocycles. The monoisotopic (exact) mass is 338 g/mol. The smallest absolute Gasteiger partial charge is 0.317 e. The Morgan fingerprint density at radius 1 is 1.78 bits per heavy atom. The van der Waals surface area contributed by atoms with Crippen LogP contribution in [0.2, 0.25) is 0 Å². The van der Waals surface area contributed by atoms with Crippen LogP contribution in [0.4, 0.5) is 0 Å². The number of carbonyl (C=O) groups is 3. The molecule has 4 atom stereocenters. The quantitative estimate of drug-likeness (QED) is 0.280. The van der Waals surface area contributed by atoms with E-state index < -0.39 is 34.0 Å². The molecule has 0 radical (unpaired) electrons. The predicted molar refractivity (Wildman–Crippen MR) is 65.4 cm³/mol. The highest BCUT2D eigenvalue weighted by molar-refractivity contribution is 9.09. The third-order valence-electron chi connectivity index (χ3n) is 3.26. The average molecular weight is 339 g/mol. The van der Waals surface area contributed by atoms with Gasteiger partial charge in [-0.05, 0) is 11.2 Å². The van der Waals surface area contributed by atoms with E-state index in [0.717, 1.165) is 0 Å². The number of fused-ring (bicyclic) bond motifs is 1. The number of carbonyl (C=O) groups excluding carboxylic acids is 2. The molecule has 0 aliphatic carbocycles. The Morgan fingerprint density at radius 2 is 2.44 bits per heavy atom. The Morgan fingerprint density at radius 3 is 2.94 bits per heavy atom. The van der Waals surface area contributed by atoms with E-state index in [1.54, 1.807) is 0 Å². The van der Waals surface area contributed by atoms with Crippen LogP contribution in [0, 0.1) is 5.41 Å². The summed E-state index contributed by atoms with van der Waals surface area (Å²) in [6.45, 7) is 0.0138. The third kappa shape index (κ3) is 1.81. The number of rotatable bonds is 4. The molecule has 0 aromatic rings. The van der Waals surface area contributed by atoms with Crippen molar-refractivity contribution in [2.24, 2.45) is 5.41 Å². The van der Waals surface area contributed by atoms with Crippen LogP contribution in [0.15, 0.2) is 0 Å². The van der Waals surface area contributed by atoms with Gasteiger partial charge in [-0.25, -0.2) is 0 Å². The maximum Gasteiger partial charge on any atom is 0.317 e. The molecule has 0 saturated carbocycles. The van der Waals surface area contributed by atoms with Crippen molar-refractivity contribution < 1.29 is 24.0 Å². The first-order valence-corrected chi connectivity index (χ1v) is 7.64. The van der Waals surface area contributed by atoms with Gasteiger partial charge in [0.25, 0.3) is 5.91 Å². The van der Waals surface area contributed by atoms with Crippen LogP contribution in [-0.4, -0.2) is 61.9 Å². The first-order valence-electron chi connectivity index (χ1n) is 5.13. The summed E-state index contributed by atoms with van der Waals surface area (Å²) in [4.78, 5) is 34.6. The largest absolute Gasteiger partial charge is 0.615 e. The highest BCUT2D eigenvalue weighted by Gasteiger charge is 2.63. The summed E-state index contributed by atoms with van der Waals surface area (Å²) in [5, 5.41) is 11.1. The van der Waals surface area contributed by atoms with Crippen LogP contribution in [-0.2, 0) is 25.6 Å². The number of hydrogen-bond acceptors (Lipinski definition) is 4. The molecule has 0 aromatic heterocycles. The van der Waals surface area contributed by atoms with Gasteiger partial charge in [-0.15, -0.1) is 0 Å². The molecule has 1 unspecified atom stereocenters. The van der Waals surface area contributed by atoms with Crippen LogP contribution < -0.4 is 5.32 Å². The van der Waals surface area contributed by atoms with Crippen molar-refractivity contribution >= 4 is 45.4 Å². The Kier molecular flexibility index (Phi) is 3.56. The lowest BCUT2D eigenvalue weighted by molar-refractivity contribution is -0.157. The van der Waals surface area contributed by atoms with E-state index in [0.29, 0.717) is 6.41 Å². The van der Waals surface area contributed by atoms with Gasteiger partial charge in [-0.3, -0.25) is 19.3 Å². The molecule has 2 rings (SSSR count). The van der Waals surface area contributed by atoms with Crippen molar-refractivity contribution in [3.63, 3.8) is 0 Å². The zero-order valence-corrected chi connectivity index (χ0v) is 11.6. The minimum Gasteiger partial charge on any atom is -0.615 e. The number of nitrogens with zero attached hydrogens (tertiary/aromatic N) is 1. The predicted octanol–water partition coefficient (Wildman–Crippen LogP) is -1.50. The van der Waals surface area contributed by atoms with Crippen LogP contribution in [0.25, 0.3) is 0 Å². The van der Waals surface area contributed by atoms with Crippen molar-refractivity contribution in [1.29, 1.82) is 0 Å².